The first-order valence-corrected chi connectivity index (χ1v) is 9.02. The molecule has 1 fully saturated rings. The first kappa shape index (κ1) is 19.9. The van der Waals surface area contributed by atoms with E-state index in [2.05, 4.69) is 20.4 Å². The van der Waals surface area contributed by atoms with E-state index in [9.17, 15) is 8.42 Å². The zero-order valence-electron chi connectivity index (χ0n) is 14.5. The van der Waals surface area contributed by atoms with Crippen LogP contribution >= 0.6 is 12.4 Å². The number of aromatic nitrogens is 2. The number of nitrogens with zero attached hydrogens (tertiary/aromatic N) is 4. The maximum absolute atomic E-state index is 12.2. The summed E-state index contributed by atoms with van der Waals surface area (Å²) in [4.78, 5) is 6.58. The number of hydrogen-bond donors (Lipinski definition) is 1. The number of nitrogens with one attached hydrogen (secondary N) is 1. The molecule has 11 heteroatoms. The molecule has 1 aliphatic rings. The minimum atomic E-state index is -3.65. The van der Waals surface area contributed by atoms with Crippen molar-refractivity contribution in [3.63, 3.8) is 0 Å². The van der Waals surface area contributed by atoms with Gasteiger partial charge < -0.3 is 14.3 Å². The van der Waals surface area contributed by atoms with Gasteiger partial charge in [-0.05, 0) is 14.0 Å². The van der Waals surface area contributed by atoms with Gasteiger partial charge in [0.2, 0.25) is 5.09 Å². The van der Waals surface area contributed by atoms with Crippen LogP contribution in [0.15, 0.2) is 20.1 Å². The van der Waals surface area contributed by atoms with E-state index in [-0.39, 0.29) is 29.4 Å². The molecule has 0 aromatic carbocycles. The molecule has 0 amide bonds. The fourth-order valence-electron chi connectivity index (χ4n) is 2.55. The Hall–Kier alpha value is -1.46. The summed E-state index contributed by atoms with van der Waals surface area (Å²) in [6.07, 6.45) is 0. The van der Waals surface area contributed by atoms with Gasteiger partial charge in [0.15, 0.2) is 5.82 Å². The Morgan fingerprint density at radius 2 is 2.12 bits per heavy atom. The van der Waals surface area contributed by atoms with Gasteiger partial charge in [-0.1, -0.05) is 5.16 Å². The van der Waals surface area contributed by atoms with Crippen molar-refractivity contribution in [3.05, 3.63) is 17.7 Å². The van der Waals surface area contributed by atoms with Gasteiger partial charge in [0.25, 0.3) is 15.9 Å². The zero-order chi connectivity index (χ0) is 17.5. The molecule has 0 spiro atoms. The van der Waals surface area contributed by atoms with Crippen molar-refractivity contribution in [1.82, 2.24) is 24.7 Å². The van der Waals surface area contributed by atoms with Gasteiger partial charge in [-0.25, -0.2) is 12.7 Å². The van der Waals surface area contributed by atoms with Crippen LogP contribution in [0.2, 0.25) is 0 Å². The smallest absolute Gasteiger partial charge is 0.275 e. The SMILES string of the molecule is Cc1oc(S(=O)(=O)N(C)C)cc1-c1nc(C2CNCCN2C)no1.Cl. The van der Waals surface area contributed by atoms with Crippen molar-refractivity contribution >= 4 is 22.4 Å². The summed E-state index contributed by atoms with van der Waals surface area (Å²) in [7, 11) is 1.25. The molecule has 9 nitrogen and oxygen atoms in total. The van der Waals surface area contributed by atoms with Gasteiger partial charge in [-0.15, -0.1) is 12.4 Å². The van der Waals surface area contributed by atoms with Gasteiger partial charge in [-0.3, -0.25) is 4.90 Å². The standard InChI is InChI=1S/C14H21N5O4S.ClH/c1-9-10(7-12(22-9)24(20,21)18(2)3)14-16-13(17-23-14)11-8-15-5-6-19(11)4;/h7,11,15H,5-6,8H2,1-4H3;1H. The number of piperazine rings is 1. The van der Waals surface area contributed by atoms with E-state index in [1.165, 1.54) is 20.2 Å². The van der Waals surface area contributed by atoms with Crippen LogP contribution in [0.5, 0.6) is 0 Å². The van der Waals surface area contributed by atoms with Gasteiger partial charge in [0.1, 0.15) is 5.76 Å². The molecule has 1 atom stereocenters. The fraction of sp³-hybridized carbons (Fsp3) is 0.571. The molecule has 1 aliphatic heterocycles. The number of likely N-dealkylation sites (N-methyl/N-ethyl adjacent to an activating group) is 1. The highest BCUT2D eigenvalue weighted by Crippen LogP contribution is 2.30. The lowest BCUT2D eigenvalue weighted by Crippen LogP contribution is -2.44. The molecule has 25 heavy (non-hydrogen) atoms. The molecule has 140 valence electrons. The van der Waals surface area contributed by atoms with Crippen molar-refractivity contribution in [3.8, 4) is 11.5 Å². The molecule has 0 bridgehead atoms. The van der Waals surface area contributed by atoms with E-state index in [1.807, 2.05) is 7.05 Å². The van der Waals surface area contributed by atoms with Crippen LogP contribution < -0.4 is 5.32 Å². The van der Waals surface area contributed by atoms with Gasteiger partial charge in [0, 0.05) is 39.8 Å². The quantitative estimate of drug-likeness (QED) is 0.819. The predicted molar refractivity (Wildman–Crippen MR) is 93.1 cm³/mol. The highest BCUT2D eigenvalue weighted by Gasteiger charge is 2.28. The molecular weight excluding hydrogens is 370 g/mol. The summed E-state index contributed by atoms with van der Waals surface area (Å²) in [5.41, 5.74) is 0.487. The van der Waals surface area contributed by atoms with E-state index >= 15 is 0 Å². The normalized spacial score (nSPS) is 19.2. The topological polar surface area (TPSA) is 105 Å². The Morgan fingerprint density at radius 3 is 2.76 bits per heavy atom. The molecule has 0 aliphatic carbocycles. The summed E-state index contributed by atoms with van der Waals surface area (Å²) in [5, 5.41) is 7.20. The number of aryl methyl sites for hydroxylation is 1. The van der Waals surface area contributed by atoms with Crippen LogP contribution in [0.1, 0.15) is 17.6 Å². The first-order valence-electron chi connectivity index (χ1n) is 7.58. The number of furan rings is 1. The van der Waals surface area contributed by atoms with Gasteiger partial charge in [-0.2, -0.15) is 4.98 Å². The zero-order valence-corrected chi connectivity index (χ0v) is 16.1. The molecule has 1 saturated heterocycles. The molecule has 1 N–H and O–H groups in total. The van der Waals surface area contributed by atoms with Crippen LogP contribution in [0.3, 0.4) is 0 Å². The van der Waals surface area contributed by atoms with E-state index in [0.29, 0.717) is 17.1 Å². The number of halogens is 1. The third-order valence-corrected chi connectivity index (χ3v) is 5.78. The molecule has 0 radical (unpaired) electrons. The van der Waals surface area contributed by atoms with Gasteiger partial charge >= 0.3 is 0 Å². The fourth-order valence-corrected chi connectivity index (χ4v) is 3.41. The number of rotatable bonds is 4. The maximum atomic E-state index is 12.2. The average Bonchev–Trinajstić information content (AvgIpc) is 3.14. The van der Waals surface area contributed by atoms with E-state index in [1.54, 1.807) is 6.92 Å². The molecule has 2 aromatic heterocycles. The Balaban J connectivity index is 0.00000225. The molecule has 3 heterocycles. The Morgan fingerprint density at radius 1 is 1.40 bits per heavy atom. The van der Waals surface area contributed by atoms with Crippen molar-refractivity contribution in [2.75, 3.05) is 40.8 Å². The van der Waals surface area contributed by atoms with Crippen molar-refractivity contribution in [1.29, 1.82) is 0 Å². The molecule has 1 unspecified atom stereocenters. The predicted octanol–water partition coefficient (Wildman–Crippen LogP) is 0.886. The molecule has 2 aromatic rings. The second kappa shape index (κ2) is 7.42. The summed E-state index contributed by atoms with van der Waals surface area (Å²) >= 11 is 0. The van der Waals surface area contributed by atoms with Crippen LogP contribution in [0.4, 0.5) is 0 Å². The van der Waals surface area contributed by atoms with Crippen LogP contribution in [0, 0.1) is 6.92 Å². The molecule has 0 saturated carbocycles. The highest BCUT2D eigenvalue weighted by atomic mass is 35.5. The lowest BCUT2D eigenvalue weighted by atomic mass is 10.2. The summed E-state index contributed by atoms with van der Waals surface area (Å²) in [6, 6.07) is 1.44. The second-order valence-electron chi connectivity index (χ2n) is 5.98. The monoisotopic (exact) mass is 391 g/mol. The first-order chi connectivity index (χ1) is 11.3. The third-order valence-electron chi connectivity index (χ3n) is 4.11. The minimum absolute atomic E-state index is 0. The van der Waals surface area contributed by atoms with Crippen LogP contribution in [0.25, 0.3) is 11.5 Å². The number of sulfonamides is 1. The Kier molecular flexibility index (Phi) is 5.89. The average molecular weight is 392 g/mol. The third kappa shape index (κ3) is 3.72. The lowest BCUT2D eigenvalue weighted by Gasteiger charge is -2.30. The minimum Gasteiger partial charge on any atom is -0.448 e. The highest BCUT2D eigenvalue weighted by molar-refractivity contribution is 7.88. The van der Waals surface area contributed by atoms with E-state index in [0.717, 1.165) is 23.9 Å². The Labute approximate surface area is 152 Å². The van der Waals surface area contributed by atoms with Crippen LogP contribution in [-0.2, 0) is 10.0 Å². The largest absolute Gasteiger partial charge is 0.448 e. The second-order valence-corrected chi connectivity index (χ2v) is 8.06. The summed E-state index contributed by atoms with van der Waals surface area (Å²) in [6.45, 7) is 4.22. The van der Waals surface area contributed by atoms with E-state index < -0.39 is 10.0 Å². The number of hydrogen-bond acceptors (Lipinski definition) is 8. The van der Waals surface area contributed by atoms with Gasteiger partial charge in [0.05, 0.1) is 11.6 Å². The molecule has 3 rings (SSSR count). The Bertz CT molecular complexity index is 832. The van der Waals surface area contributed by atoms with Crippen molar-refractivity contribution < 1.29 is 17.4 Å². The molecular formula is C14H22ClN5O4S. The lowest BCUT2D eigenvalue weighted by molar-refractivity contribution is 0.190. The van der Waals surface area contributed by atoms with Crippen molar-refractivity contribution in [2.45, 2.75) is 18.1 Å². The summed E-state index contributed by atoms with van der Waals surface area (Å²) < 4.78 is 36.2. The van der Waals surface area contributed by atoms with E-state index in [4.69, 9.17) is 8.94 Å². The van der Waals surface area contributed by atoms with Crippen LogP contribution in [-0.4, -0.2) is 68.5 Å². The van der Waals surface area contributed by atoms with Crippen molar-refractivity contribution in [2.24, 2.45) is 0 Å². The summed E-state index contributed by atoms with van der Waals surface area (Å²) in [5.74, 6) is 1.24. The maximum Gasteiger partial charge on any atom is 0.275 e.